The van der Waals surface area contributed by atoms with Crippen molar-refractivity contribution in [3.05, 3.63) is 69.8 Å². The van der Waals surface area contributed by atoms with Crippen molar-refractivity contribution >= 4 is 27.3 Å². The Morgan fingerprint density at radius 2 is 1.89 bits per heavy atom. The molecule has 0 bridgehead atoms. The Morgan fingerprint density at radius 1 is 1.11 bits per heavy atom. The summed E-state index contributed by atoms with van der Waals surface area (Å²) in [6.45, 7) is 3.85. The Balaban J connectivity index is 1.79. The molecule has 0 unspecified atom stereocenters. The van der Waals surface area contributed by atoms with E-state index in [9.17, 15) is 9.18 Å². The number of amides is 1. The summed E-state index contributed by atoms with van der Waals surface area (Å²) in [5.74, 6) is -0.560. The molecule has 6 heteroatoms. The molecule has 1 heterocycles. The molecular formula is C22H24FNO3S. The molecular weight excluding hydrogens is 377 g/mol. The Hall–Kier alpha value is -2.28. The summed E-state index contributed by atoms with van der Waals surface area (Å²) >= 11 is 1.29. The fourth-order valence-corrected chi connectivity index (χ4v) is 4.22. The van der Waals surface area contributed by atoms with Gasteiger partial charge in [-0.15, -0.1) is 11.3 Å². The molecule has 0 fully saturated rings. The van der Waals surface area contributed by atoms with E-state index < -0.39 is 0 Å². The first kappa shape index (κ1) is 20.5. The molecule has 0 saturated heterocycles. The standard InChI is InChI=1S/C22H24FNO3S/c1-3-11-27-13-16-8-5-4-7-15(16)12-24-22(25)21-17(14-26-2)20-18(23)9-6-10-19(20)28-21/h4-10H,3,11-14H2,1-2H3,(H,24,25). The van der Waals surface area contributed by atoms with Gasteiger partial charge in [-0.05, 0) is 29.7 Å². The van der Waals surface area contributed by atoms with Crippen LogP contribution in [0.1, 0.15) is 39.7 Å². The van der Waals surface area contributed by atoms with Gasteiger partial charge in [-0.1, -0.05) is 37.3 Å². The van der Waals surface area contributed by atoms with E-state index in [1.165, 1.54) is 17.4 Å². The molecule has 0 saturated carbocycles. The Bertz CT molecular complexity index is 954. The van der Waals surface area contributed by atoms with E-state index >= 15 is 0 Å². The Kier molecular flexibility index (Phi) is 7.14. The highest BCUT2D eigenvalue weighted by molar-refractivity contribution is 7.21. The van der Waals surface area contributed by atoms with Crippen LogP contribution in [0.25, 0.3) is 10.1 Å². The highest BCUT2D eigenvalue weighted by Gasteiger charge is 2.20. The highest BCUT2D eigenvalue weighted by atomic mass is 32.1. The topological polar surface area (TPSA) is 47.6 Å². The molecule has 0 aliphatic heterocycles. The van der Waals surface area contributed by atoms with Crippen LogP contribution in [0.5, 0.6) is 0 Å². The molecule has 0 spiro atoms. The number of nitrogens with one attached hydrogen (secondary N) is 1. The highest BCUT2D eigenvalue weighted by Crippen LogP contribution is 2.33. The summed E-state index contributed by atoms with van der Waals surface area (Å²) in [6.07, 6.45) is 0.962. The van der Waals surface area contributed by atoms with Crippen molar-refractivity contribution in [3.8, 4) is 0 Å². The van der Waals surface area contributed by atoms with Gasteiger partial charge in [0.1, 0.15) is 5.82 Å². The Labute approximate surface area is 168 Å². The van der Waals surface area contributed by atoms with Crippen LogP contribution < -0.4 is 5.32 Å². The van der Waals surface area contributed by atoms with E-state index in [4.69, 9.17) is 9.47 Å². The molecule has 3 rings (SSSR count). The molecule has 0 radical (unpaired) electrons. The second-order valence-corrected chi connectivity index (χ2v) is 7.51. The third-order valence-corrected chi connectivity index (χ3v) is 5.62. The fourth-order valence-electron chi connectivity index (χ4n) is 3.09. The SMILES string of the molecule is CCCOCc1ccccc1CNC(=O)c1sc2cccc(F)c2c1COC. The molecule has 1 aromatic heterocycles. The van der Waals surface area contributed by atoms with Crippen LogP contribution in [-0.4, -0.2) is 19.6 Å². The van der Waals surface area contributed by atoms with E-state index in [2.05, 4.69) is 12.2 Å². The largest absolute Gasteiger partial charge is 0.380 e. The number of carbonyl (C=O) groups excluding carboxylic acids is 1. The minimum absolute atomic E-state index is 0.186. The molecule has 4 nitrogen and oxygen atoms in total. The lowest BCUT2D eigenvalue weighted by atomic mass is 10.1. The van der Waals surface area contributed by atoms with Crippen LogP contribution in [0.2, 0.25) is 0 Å². The van der Waals surface area contributed by atoms with Gasteiger partial charge < -0.3 is 14.8 Å². The van der Waals surface area contributed by atoms with Gasteiger partial charge in [-0.2, -0.15) is 0 Å². The maximum absolute atomic E-state index is 14.3. The van der Waals surface area contributed by atoms with Crippen molar-refractivity contribution in [3.63, 3.8) is 0 Å². The molecule has 0 aliphatic rings. The predicted octanol–water partition coefficient (Wildman–Crippen LogP) is 5.04. The number of methoxy groups -OCH3 is 1. The zero-order valence-electron chi connectivity index (χ0n) is 16.1. The van der Waals surface area contributed by atoms with Gasteiger partial charge in [0.15, 0.2) is 0 Å². The summed E-state index contributed by atoms with van der Waals surface area (Å²) in [5, 5.41) is 3.43. The Morgan fingerprint density at radius 3 is 2.64 bits per heavy atom. The molecule has 1 amide bonds. The van der Waals surface area contributed by atoms with Gasteiger partial charge >= 0.3 is 0 Å². The average molecular weight is 402 g/mol. The first-order valence-electron chi connectivity index (χ1n) is 9.27. The molecule has 0 atom stereocenters. The average Bonchev–Trinajstić information content (AvgIpc) is 3.07. The van der Waals surface area contributed by atoms with Crippen LogP contribution in [0.3, 0.4) is 0 Å². The summed E-state index contributed by atoms with van der Waals surface area (Å²) in [7, 11) is 1.54. The molecule has 0 aliphatic carbocycles. The summed E-state index contributed by atoms with van der Waals surface area (Å²) in [4.78, 5) is 13.3. The minimum Gasteiger partial charge on any atom is -0.380 e. The van der Waals surface area contributed by atoms with Gasteiger partial charge in [0.05, 0.1) is 18.1 Å². The lowest BCUT2D eigenvalue weighted by Crippen LogP contribution is -2.23. The first-order valence-corrected chi connectivity index (χ1v) is 10.1. The zero-order valence-corrected chi connectivity index (χ0v) is 16.9. The second kappa shape index (κ2) is 9.78. The van der Waals surface area contributed by atoms with E-state index in [0.29, 0.717) is 35.6 Å². The van der Waals surface area contributed by atoms with Crippen molar-refractivity contribution in [1.29, 1.82) is 0 Å². The van der Waals surface area contributed by atoms with E-state index in [1.54, 1.807) is 13.2 Å². The third kappa shape index (κ3) is 4.58. The molecule has 1 N–H and O–H groups in total. The minimum atomic E-state index is -0.335. The van der Waals surface area contributed by atoms with Crippen LogP contribution >= 0.6 is 11.3 Å². The molecule has 148 valence electrons. The number of benzene rings is 2. The number of thiophene rings is 1. The van der Waals surface area contributed by atoms with Gasteiger partial charge in [-0.25, -0.2) is 4.39 Å². The number of hydrogen-bond acceptors (Lipinski definition) is 4. The van der Waals surface area contributed by atoms with E-state index in [0.717, 1.165) is 22.2 Å². The normalized spacial score (nSPS) is 11.1. The number of fused-ring (bicyclic) bond motifs is 1. The number of ether oxygens (including phenoxy) is 2. The number of hydrogen-bond donors (Lipinski definition) is 1. The van der Waals surface area contributed by atoms with E-state index in [-0.39, 0.29) is 18.3 Å². The summed E-state index contributed by atoms with van der Waals surface area (Å²) in [5.41, 5.74) is 2.65. The maximum atomic E-state index is 14.3. The number of halogens is 1. The third-order valence-electron chi connectivity index (χ3n) is 4.42. The summed E-state index contributed by atoms with van der Waals surface area (Å²) < 4.78 is 25.9. The quantitative estimate of drug-likeness (QED) is 0.511. The van der Waals surface area contributed by atoms with Crippen molar-refractivity contribution in [2.75, 3.05) is 13.7 Å². The van der Waals surface area contributed by atoms with Crippen molar-refractivity contribution in [2.24, 2.45) is 0 Å². The van der Waals surface area contributed by atoms with Gasteiger partial charge in [0, 0.05) is 35.9 Å². The van der Waals surface area contributed by atoms with Gasteiger partial charge in [-0.3, -0.25) is 4.79 Å². The summed E-state index contributed by atoms with van der Waals surface area (Å²) in [6, 6.07) is 12.8. The maximum Gasteiger partial charge on any atom is 0.262 e. The molecule has 3 aromatic rings. The van der Waals surface area contributed by atoms with Crippen LogP contribution in [0, 0.1) is 5.82 Å². The van der Waals surface area contributed by atoms with E-state index in [1.807, 2.05) is 30.3 Å². The lowest BCUT2D eigenvalue weighted by molar-refractivity contribution is 0.0949. The second-order valence-electron chi connectivity index (χ2n) is 6.46. The predicted molar refractivity (Wildman–Crippen MR) is 110 cm³/mol. The van der Waals surface area contributed by atoms with Crippen molar-refractivity contribution in [1.82, 2.24) is 5.32 Å². The van der Waals surface area contributed by atoms with Gasteiger partial charge in [0.2, 0.25) is 0 Å². The zero-order chi connectivity index (χ0) is 19.9. The lowest BCUT2D eigenvalue weighted by Gasteiger charge is -2.11. The number of rotatable bonds is 9. The van der Waals surface area contributed by atoms with Crippen LogP contribution in [0.4, 0.5) is 4.39 Å². The van der Waals surface area contributed by atoms with Gasteiger partial charge in [0.25, 0.3) is 5.91 Å². The molecule has 2 aromatic carbocycles. The van der Waals surface area contributed by atoms with Crippen LogP contribution in [-0.2, 0) is 29.2 Å². The smallest absolute Gasteiger partial charge is 0.262 e. The van der Waals surface area contributed by atoms with Crippen LogP contribution in [0.15, 0.2) is 42.5 Å². The number of carbonyl (C=O) groups is 1. The van der Waals surface area contributed by atoms with Crippen molar-refractivity contribution in [2.45, 2.75) is 33.1 Å². The van der Waals surface area contributed by atoms with Crippen molar-refractivity contribution < 1.29 is 18.7 Å². The molecule has 28 heavy (non-hydrogen) atoms. The first-order chi connectivity index (χ1) is 13.7. The monoisotopic (exact) mass is 401 g/mol. The fraction of sp³-hybridized carbons (Fsp3) is 0.318.